The van der Waals surface area contributed by atoms with Crippen LogP contribution in [0, 0.1) is 5.41 Å². The number of hydrogen-bond donors (Lipinski definition) is 0. The van der Waals surface area contributed by atoms with Crippen molar-refractivity contribution in [3.05, 3.63) is 81.1 Å². The number of carbonyl (C=O) groups excluding carboxylic acids is 1. The van der Waals surface area contributed by atoms with Crippen LogP contribution in [0.4, 0.5) is 0 Å². The molecule has 1 heterocycles. The van der Waals surface area contributed by atoms with Gasteiger partial charge in [0, 0.05) is 4.88 Å². The van der Waals surface area contributed by atoms with Crippen LogP contribution in [0.5, 0.6) is 5.75 Å². The summed E-state index contributed by atoms with van der Waals surface area (Å²) in [5.74, 6) is 0.254. The summed E-state index contributed by atoms with van der Waals surface area (Å²) in [4.78, 5) is 14.0. The molecule has 28 heavy (non-hydrogen) atoms. The lowest BCUT2D eigenvalue weighted by atomic mass is 9.72. The SMILES string of the molecule is CC1=C(/C=C/C(C)=C/c2ccc(C(=O)Oc3ccccc3)s2)C(C)(C)CCC1. The van der Waals surface area contributed by atoms with Gasteiger partial charge in [-0.05, 0) is 80.0 Å². The molecule has 1 aliphatic rings. The molecule has 0 spiro atoms. The highest BCUT2D eigenvalue weighted by Crippen LogP contribution is 2.40. The molecule has 0 bridgehead atoms. The molecular formula is C25H28O2S. The Labute approximate surface area is 172 Å². The molecular weight excluding hydrogens is 364 g/mol. The summed E-state index contributed by atoms with van der Waals surface area (Å²) < 4.78 is 5.41. The highest BCUT2D eigenvalue weighted by molar-refractivity contribution is 7.14. The van der Waals surface area contributed by atoms with Crippen molar-refractivity contribution in [2.75, 3.05) is 0 Å². The van der Waals surface area contributed by atoms with Gasteiger partial charge in [0.25, 0.3) is 0 Å². The molecule has 0 radical (unpaired) electrons. The molecule has 146 valence electrons. The fourth-order valence-corrected chi connectivity index (χ4v) is 4.58. The van der Waals surface area contributed by atoms with Crippen molar-refractivity contribution in [3.8, 4) is 5.75 Å². The van der Waals surface area contributed by atoms with E-state index in [4.69, 9.17) is 4.74 Å². The number of thiophene rings is 1. The number of ether oxygens (including phenoxy) is 1. The predicted molar refractivity (Wildman–Crippen MR) is 119 cm³/mol. The summed E-state index contributed by atoms with van der Waals surface area (Å²) in [6.45, 7) is 9.02. The summed E-state index contributed by atoms with van der Waals surface area (Å²) in [5.41, 5.74) is 4.38. The normalized spacial score (nSPS) is 17.2. The van der Waals surface area contributed by atoms with Crippen LogP contribution in [0.25, 0.3) is 6.08 Å². The fourth-order valence-electron chi connectivity index (χ4n) is 3.68. The lowest BCUT2D eigenvalue weighted by Gasteiger charge is -2.32. The van der Waals surface area contributed by atoms with E-state index in [-0.39, 0.29) is 11.4 Å². The number of benzene rings is 1. The van der Waals surface area contributed by atoms with Crippen molar-refractivity contribution in [1.29, 1.82) is 0 Å². The maximum absolute atomic E-state index is 12.3. The number of hydrogen-bond acceptors (Lipinski definition) is 3. The molecule has 1 aliphatic carbocycles. The van der Waals surface area contributed by atoms with E-state index < -0.39 is 0 Å². The standard InChI is InChI=1S/C25H28O2S/c1-18(12-14-22-19(2)9-8-16-25(22,3)4)17-21-13-15-23(28-21)24(26)27-20-10-6-5-7-11-20/h5-7,10-15,17H,8-9,16H2,1-4H3/b14-12+,18-17+. The Morgan fingerprint density at radius 1 is 1.14 bits per heavy atom. The van der Waals surface area contributed by atoms with Gasteiger partial charge in [0.05, 0.1) is 0 Å². The average molecular weight is 393 g/mol. The van der Waals surface area contributed by atoms with Crippen LogP contribution in [0.3, 0.4) is 0 Å². The second-order valence-electron chi connectivity index (χ2n) is 8.06. The van der Waals surface area contributed by atoms with Crippen LogP contribution in [-0.2, 0) is 0 Å². The third-order valence-corrected chi connectivity index (χ3v) is 6.22. The largest absolute Gasteiger partial charge is 0.422 e. The van der Waals surface area contributed by atoms with E-state index in [2.05, 4.69) is 45.9 Å². The first-order chi connectivity index (χ1) is 13.3. The zero-order chi connectivity index (χ0) is 20.1. The summed E-state index contributed by atoms with van der Waals surface area (Å²) in [6, 6.07) is 13.0. The van der Waals surface area contributed by atoms with E-state index in [9.17, 15) is 4.79 Å². The summed E-state index contributed by atoms with van der Waals surface area (Å²) in [6.07, 6.45) is 10.3. The van der Waals surface area contributed by atoms with Crippen molar-refractivity contribution in [3.63, 3.8) is 0 Å². The molecule has 0 N–H and O–H groups in total. The van der Waals surface area contributed by atoms with E-state index in [0.717, 1.165) is 4.88 Å². The van der Waals surface area contributed by atoms with Gasteiger partial charge in [-0.2, -0.15) is 0 Å². The average Bonchev–Trinajstić information content (AvgIpc) is 3.10. The van der Waals surface area contributed by atoms with Gasteiger partial charge in [-0.25, -0.2) is 4.79 Å². The molecule has 0 saturated heterocycles. The number of rotatable bonds is 5. The Bertz CT molecular complexity index is 926. The molecule has 3 rings (SSSR count). The van der Waals surface area contributed by atoms with Crippen LogP contribution in [-0.4, -0.2) is 5.97 Å². The predicted octanol–water partition coefficient (Wildman–Crippen LogP) is 7.45. The van der Waals surface area contributed by atoms with Crippen LogP contribution in [0.15, 0.2) is 71.3 Å². The second kappa shape index (κ2) is 8.74. The number of allylic oxidation sites excluding steroid dienone is 5. The molecule has 0 fully saturated rings. The van der Waals surface area contributed by atoms with Gasteiger partial charge in [-0.1, -0.05) is 49.8 Å². The molecule has 1 aromatic carbocycles. The van der Waals surface area contributed by atoms with Gasteiger partial charge in [0.2, 0.25) is 0 Å². The first-order valence-electron chi connectivity index (χ1n) is 9.79. The molecule has 0 saturated carbocycles. The molecule has 2 nitrogen and oxygen atoms in total. The molecule has 1 aromatic heterocycles. The lowest BCUT2D eigenvalue weighted by Crippen LogP contribution is -2.19. The Kier molecular flexibility index (Phi) is 6.35. The van der Waals surface area contributed by atoms with Gasteiger partial charge in [0.15, 0.2) is 0 Å². The van der Waals surface area contributed by atoms with Crippen LogP contribution in [0.1, 0.15) is 61.5 Å². The number of carbonyl (C=O) groups is 1. The maximum atomic E-state index is 12.3. The van der Waals surface area contributed by atoms with Gasteiger partial charge in [-0.15, -0.1) is 11.3 Å². The zero-order valence-corrected chi connectivity index (χ0v) is 17.9. The topological polar surface area (TPSA) is 26.3 Å². The van der Waals surface area contributed by atoms with Gasteiger partial charge in [-0.3, -0.25) is 0 Å². The molecule has 0 unspecified atom stereocenters. The van der Waals surface area contributed by atoms with E-state index in [1.807, 2.05) is 30.3 Å². The summed E-state index contributed by atoms with van der Waals surface area (Å²) >= 11 is 1.45. The van der Waals surface area contributed by atoms with Crippen molar-refractivity contribution < 1.29 is 9.53 Å². The fraction of sp³-hybridized carbons (Fsp3) is 0.320. The molecule has 3 heteroatoms. The first-order valence-corrected chi connectivity index (χ1v) is 10.6. The minimum absolute atomic E-state index is 0.246. The Hall–Kier alpha value is -2.39. The van der Waals surface area contributed by atoms with Gasteiger partial charge < -0.3 is 4.74 Å². The third kappa shape index (κ3) is 5.11. The van der Waals surface area contributed by atoms with Gasteiger partial charge in [0.1, 0.15) is 10.6 Å². The number of esters is 1. The lowest BCUT2D eigenvalue weighted by molar-refractivity contribution is 0.0740. The van der Waals surface area contributed by atoms with E-state index in [0.29, 0.717) is 10.6 Å². The highest BCUT2D eigenvalue weighted by atomic mass is 32.1. The third-order valence-electron chi connectivity index (χ3n) is 5.21. The minimum atomic E-state index is -0.311. The Morgan fingerprint density at radius 3 is 2.61 bits per heavy atom. The van der Waals surface area contributed by atoms with E-state index >= 15 is 0 Å². The second-order valence-corrected chi connectivity index (χ2v) is 9.17. The molecule has 0 atom stereocenters. The Balaban J connectivity index is 1.69. The van der Waals surface area contributed by atoms with Gasteiger partial charge >= 0.3 is 5.97 Å². The highest BCUT2D eigenvalue weighted by Gasteiger charge is 2.26. The van der Waals surface area contributed by atoms with Crippen LogP contribution >= 0.6 is 11.3 Å². The molecule has 0 aliphatic heterocycles. The Morgan fingerprint density at radius 2 is 1.89 bits per heavy atom. The molecule has 0 amide bonds. The number of para-hydroxylation sites is 1. The quantitative estimate of drug-likeness (QED) is 0.300. The minimum Gasteiger partial charge on any atom is -0.422 e. The van der Waals surface area contributed by atoms with Crippen molar-refractivity contribution in [2.24, 2.45) is 5.41 Å². The van der Waals surface area contributed by atoms with E-state index in [1.54, 1.807) is 12.1 Å². The summed E-state index contributed by atoms with van der Waals surface area (Å²) in [7, 11) is 0. The smallest absolute Gasteiger partial charge is 0.353 e. The maximum Gasteiger partial charge on any atom is 0.353 e. The van der Waals surface area contributed by atoms with Crippen LogP contribution < -0.4 is 4.74 Å². The monoisotopic (exact) mass is 392 g/mol. The van der Waals surface area contributed by atoms with Crippen molar-refractivity contribution in [1.82, 2.24) is 0 Å². The van der Waals surface area contributed by atoms with E-state index in [1.165, 1.54) is 47.3 Å². The summed E-state index contributed by atoms with van der Waals surface area (Å²) in [5, 5.41) is 0. The van der Waals surface area contributed by atoms with Crippen LogP contribution in [0.2, 0.25) is 0 Å². The van der Waals surface area contributed by atoms with Crippen molar-refractivity contribution >= 4 is 23.4 Å². The zero-order valence-electron chi connectivity index (χ0n) is 17.1. The first kappa shape index (κ1) is 20.3. The van der Waals surface area contributed by atoms with Crippen molar-refractivity contribution in [2.45, 2.75) is 47.0 Å². The molecule has 2 aromatic rings.